The van der Waals surface area contributed by atoms with Crippen molar-refractivity contribution in [3.63, 3.8) is 0 Å². The smallest absolute Gasteiger partial charge is 0.0339 e. The third-order valence-electron chi connectivity index (χ3n) is 2.60. The number of halogens is 1. The molecule has 1 aliphatic rings. The molecule has 3 heteroatoms. The molecule has 1 aromatic carbocycles. The van der Waals surface area contributed by atoms with Gasteiger partial charge < -0.3 is 0 Å². The second-order valence-corrected chi connectivity index (χ2v) is 6.69. The maximum Gasteiger partial charge on any atom is 0.0339 e. The molecule has 15 heavy (non-hydrogen) atoms. The summed E-state index contributed by atoms with van der Waals surface area (Å²) in [7, 11) is 0. The van der Waals surface area contributed by atoms with E-state index >= 15 is 0 Å². The van der Waals surface area contributed by atoms with Gasteiger partial charge in [0, 0.05) is 33.4 Å². The van der Waals surface area contributed by atoms with E-state index in [2.05, 4.69) is 31.2 Å². The fourth-order valence-electron chi connectivity index (χ4n) is 1.69. The van der Waals surface area contributed by atoms with Crippen LogP contribution in [0.25, 0.3) is 0 Å². The van der Waals surface area contributed by atoms with E-state index in [9.17, 15) is 0 Å². The largest absolute Gasteiger partial charge is 0.157 e. The van der Waals surface area contributed by atoms with Gasteiger partial charge in [0.25, 0.3) is 0 Å². The molecule has 2 atom stereocenters. The molecule has 0 fully saturated rings. The molecule has 82 valence electrons. The van der Waals surface area contributed by atoms with Crippen molar-refractivity contribution in [1.82, 2.24) is 0 Å². The van der Waals surface area contributed by atoms with E-state index in [0.717, 1.165) is 11.8 Å². The molecule has 1 aromatic rings. The average Bonchev–Trinajstić information content (AvgIpc) is 2.69. The summed E-state index contributed by atoms with van der Waals surface area (Å²) < 4.78 is 0. The summed E-state index contributed by atoms with van der Waals surface area (Å²) in [5, 5.41) is 0.574. The van der Waals surface area contributed by atoms with Gasteiger partial charge in [-0.1, -0.05) is 25.1 Å². The minimum atomic E-state index is 0.574. The van der Waals surface area contributed by atoms with Crippen molar-refractivity contribution in [3.05, 3.63) is 29.8 Å². The Morgan fingerprint density at radius 1 is 1.53 bits per heavy atom. The molecule has 1 heterocycles. The van der Waals surface area contributed by atoms with Crippen LogP contribution < -0.4 is 0 Å². The molecule has 0 bridgehead atoms. The Labute approximate surface area is 105 Å². The summed E-state index contributed by atoms with van der Waals surface area (Å²) in [5.41, 5.74) is 1.54. The van der Waals surface area contributed by atoms with Crippen molar-refractivity contribution in [1.29, 1.82) is 0 Å². The van der Waals surface area contributed by atoms with E-state index in [1.807, 2.05) is 23.5 Å². The van der Waals surface area contributed by atoms with Gasteiger partial charge in [0.2, 0.25) is 0 Å². The molecule has 0 aromatic heterocycles. The van der Waals surface area contributed by atoms with Gasteiger partial charge in [-0.3, -0.25) is 0 Å². The van der Waals surface area contributed by atoms with Crippen LogP contribution in [0.4, 0.5) is 0 Å². The summed E-state index contributed by atoms with van der Waals surface area (Å²) >= 11 is 9.79. The van der Waals surface area contributed by atoms with Crippen molar-refractivity contribution >= 4 is 35.1 Å². The molecule has 0 saturated heterocycles. The molecular formula is C12H15ClS2. The van der Waals surface area contributed by atoms with Crippen LogP contribution in [-0.4, -0.2) is 22.6 Å². The van der Waals surface area contributed by atoms with Crippen LogP contribution in [-0.2, 0) is 0 Å². The molecule has 0 radical (unpaired) electrons. The lowest BCUT2D eigenvalue weighted by molar-refractivity contribution is 0.892. The molecule has 0 saturated carbocycles. The number of thioether (sulfide) groups is 2. The molecule has 2 rings (SSSR count). The minimum Gasteiger partial charge on any atom is -0.157 e. The summed E-state index contributed by atoms with van der Waals surface area (Å²) in [6.07, 6.45) is 0. The van der Waals surface area contributed by atoms with Crippen LogP contribution >= 0.6 is 35.1 Å². The number of rotatable bonds is 4. The monoisotopic (exact) mass is 258 g/mol. The number of alkyl halides is 1. The first-order valence-electron chi connectivity index (χ1n) is 5.20. The van der Waals surface area contributed by atoms with Gasteiger partial charge in [-0.2, -0.15) is 11.8 Å². The highest BCUT2D eigenvalue weighted by molar-refractivity contribution is 8.00. The Bertz CT molecular complexity index is 327. The zero-order valence-corrected chi connectivity index (χ0v) is 11.2. The normalized spacial score (nSPS) is 21.3. The topological polar surface area (TPSA) is 0 Å². The molecule has 2 unspecified atom stereocenters. The van der Waals surface area contributed by atoms with Crippen molar-refractivity contribution in [2.75, 3.05) is 17.4 Å². The Kier molecular flexibility index (Phi) is 4.30. The Morgan fingerprint density at radius 2 is 2.33 bits per heavy atom. The van der Waals surface area contributed by atoms with Crippen LogP contribution in [0.2, 0.25) is 0 Å². The minimum absolute atomic E-state index is 0.574. The van der Waals surface area contributed by atoms with Gasteiger partial charge >= 0.3 is 0 Å². The van der Waals surface area contributed by atoms with E-state index < -0.39 is 0 Å². The van der Waals surface area contributed by atoms with Crippen LogP contribution in [0, 0.1) is 0 Å². The highest BCUT2D eigenvalue weighted by atomic mass is 35.5. The third-order valence-corrected chi connectivity index (χ3v) is 5.83. The SMILES string of the molecule is CC(CCl)SCC1CSc2ccccc21. The van der Waals surface area contributed by atoms with Crippen LogP contribution in [0.3, 0.4) is 0 Å². The van der Waals surface area contributed by atoms with Gasteiger partial charge in [-0.25, -0.2) is 0 Å². The predicted molar refractivity (Wildman–Crippen MR) is 72.5 cm³/mol. The van der Waals surface area contributed by atoms with E-state index in [1.165, 1.54) is 22.0 Å². The number of hydrogen-bond acceptors (Lipinski definition) is 2. The number of benzene rings is 1. The average molecular weight is 259 g/mol. The number of hydrogen-bond donors (Lipinski definition) is 0. The Hall–Kier alpha value is 0.210. The van der Waals surface area contributed by atoms with Gasteiger partial charge in [0.15, 0.2) is 0 Å². The van der Waals surface area contributed by atoms with Crippen LogP contribution in [0.5, 0.6) is 0 Å². The number of fused-ring (bicyclic) bond motifs is 1. The van der Waals surface area contributed by atoms with Crippen LogP contribution in [0.15, 0.2) is 29.2 Å². The first-order valence-corrected chi connectivity index (χ1v) is 7.77. The fraction of sp³-hybridized carbons (Fsp3) is 0.500. The standard InChI is InChI=1S/C12H15ClS2/c1-9(6-13)14-7-10-8-15-12-5-3-2-4-11(10)12/h2-5,9-10H,6-8H2,1H3. The first-order chi connectivity index (χ1) is 7.31. The Balaban J connectivity index is 1.96. The predicted octanol–water partition coefficient (Wildman–Crippen LogP) is 4.24. The quantitative estimate of drug-likeness (QED) is 0.741. The fourth-order valence-corrected chi connectivity index (χ4v) is 4.31. The van der Waals surface area contributed by atoms with Crippen molar-refractivity contribution in [2.24, 2.45) is 0 Å². The summed E-state index contributed by atoms with van der Waals surface area (Å²) in [5.74, 6) is 3.92. The van der Waals surface area contributed by atoms with E-state index in [-0.39, 0.29) is 0 Å². The van der Waals surface area contributed by atoms with Crippen molar-refractivity contribution < 1.29 is 0 Å². The second-order valence-electron chi connectivity index (χ2n) is 3.84. The van der Waals surface area contributed by atoms with Gasteiger partial charge in [-0.15, -0.1) is 23.4 Å². The van der Waals surface area contributed by atoms with Gasteiger partial charge in [0.1, 0.15) is 0 Å². The molecule has 0 N–H and O–H groups in total. The highest BCUT2D eigenvalue weighted by Crippen LogP contribution is 2.41. The first kappa shape index (κ1) is 11.7. The Morgan fingerprint density at radius 3 is 3.13 bits per heavy atom. The zero-order valence-electron chi connectivity index (χ0n) is 8.78. The van der Waals surface area contributed by atoms with E-state index in [1.54, 1.807) is 0 Å². The highest BCUT2D eigenvalue weighted by Gasteiger charge is 2.22. The van der Waals surface area contributed by atoms with Gasteiger partial charge in [-0.05, 0) is 11.6 Å². The lowest BCUT2D eigenvalue weighted by Gasteiger charge is -2.12. The summed E-state index contributed by atoms with van der Waals surface area (Å²) in [6, 6.07) is 8.78. The third kappa shape index (κ3) is 2.86. The lowest BCUT2D eigenvalue weighted by atomic mass is 10.0. The zero-order chi connectivity index (χ0) is 10.7. The van der Waals surface area contributed by atoms with Crippen molar-refractivity contribution in [3.8, 4) is 0 Å². The molecule has 1 aliphatic heterocycles. The summed E-state index contributed by atoms with van der Waals surface area (Å²) in [4.78, 5) is 1.47. The molecule has 0 aliphatic carbocycles. The molecule has 0 nitrogen and oxygen atoms in total. The van der Waals surface area contributed by atoms with E-state index in [4.69, 9.17) is 11.6 Å². The maximum absolute atomic E-state index is 5.81. The lowest BCUT2D eigenvalue weighted by Crippen LogP contribution is -2.05. The molecular weight excluding hydrogens is 244 g/mol. The summed E-state index contributed by atoms with van der Waals surface area (Å²) in [6.45, 7) is 2.20. The van der Waals surface area contributed by atoms with Gasteiger partial charge in [0.05, 0.1) is 0 Å². The second kappa shape index (κ2) is 5.51. The van der Waals surface area contributed by atoms with E-state index in [0.29, 0.717) is 5.25 Å². The van der Waals surface area contributed by atoms with Crippen molar-refractivity contribution in [2.45, 2.75) is 23.0 Å². The molecule has 0 amide bonds. The maximum atomic E-state index is 5.81. The molecule has 0 spiro atoms. The van der Waals surface area contributed by atoms with Crippen LogP contribution in [0.1, 0.15) is 18.4 Å².